The molecule has 8 nitrogen and oxygen atoms in total. The van der Waals surface area contributed by atoms with E-state index in [1.807, 2.05) is 13.0 Å². The molecule has 1 N–H and O–H groups in total. The van der Waals surface area contributed by atoms with Gasteiger partial charge in [0.1, 0.15) is 17.6 Å². The molecule has 0 aromatic heterocycles. The van der Waals surface area contributed by atoms with Gasteiger partial charge in [-0.1, -0.05) is 19.9 Å². The summed E-state index contributed by atoms with van der Waals surface area (Å²) >= 11 is 0. The molecule has 2 aliphatic heterocycles. The number of methoxy groups -OCH3 is 2. The lowest BCUT2D eigenvalue weighted by Gasteiger charge is -2.27. The smallest absolute Gasteiger partial charge is 0.295 e. The molecule has 0 aliphatic carbocycles. The summed E-state index contributed by atoms with van der Waals surface area (Å²) in [6.07, 6.45) is 1.47. The Kier molecular flexibility index (Phi) is 8.07. The molecule has 2 aromatic carbocycles. The summed E-state index contributed by atoms with van der Waals surface area (Å²) in [6.45, 7) is 9.19. The van der Waals surface area contributed by atoms with Crippen LogP contribution in [0.15, 0.2) is 42.0 Å². The molecule has 2 heterocycles. The topological polar surface area (TPSA) is 88.5 Å². The van der Waals surface area contributed by atoms with Crippen LogP contribution in [0.3, 0.4) is 0 Å². The van der Waals surface area contributed by atoms with Crippen LogP contribution in [0, 0.1) is 0 Å². The number of hydrogen-bond acceptors (Lipinski definition) is 7. The van der Waals surface area contributed by atoms with Gasteiger partial charge in [-0.05, 0) is 74.4 Å². The summed E-state index contributed by atoms with van der Waals surface area (Å²) in [7, 11) is 3.09. The monoisotopic (exact) mass is 508 g/mol. The molecule has 8 heteroatoms. The van der Waals surface area contributed by atoms with Gasteiger partial charge in [0, 0.05) is 18.5 Å². The highest BCUT2D eigenvalue weighted by atomic mass is 16.5. The fraction of sp³-hybridized carbons (Fsp3) is 0.448. The van der Waals surface area contributed by atoms with Gasteiger partial charge < -0.3 is 29.1 Å². The zero-order chi connectivity index (χ0) is 26.7. The number of ether oxygens (including phenoxy) is 3. The number of likely N-dealkylation sites (tertiary alicyclic amines) is 1. The summed E-state index contributed by atoms with van der Waals surface area (Å²) in [5.41, 5.74) is 2.20. The first kappa shape index (κ1) is 26.5. The van der Waals surface area contributed by atoms with Crippen LogP contribution in [0.2, 0.25) is 0 Å². The molecule has 1 amide bonds. The Labute approximate surface area is 218 Å². The van der Waals surface area contributed by atoms with Crippen molar-refractivity contribution in [3.63, 3.8) is 0 Å². The van der Waals surface area contributed by atoms with Gasteiger partial charge in [-0.15, -0.1) is 0 Å². The minimum Gasteiger partial charge on any atom is -0.507 e. The molecule has 4 rings (SSSR count). The van der Waals surface area contributed by atoms with Crippen LogP contribution >= 0.6 is 0 Å². The Morgan fingerprint density at radius 3 is 2.49 bits per heavy atom. The summed E-state index contributed by atoms with van der Waals surface area (Å²) in [5.74, 6) is 0.309. The number of Topliss-reactive ketones (excluding diaryl/α,β-unsaturated/α-hetero) is 1. The second kappa shape index (κ2) is 11.3. The number of aliphatic hydroxyl groups excluding tert-OH is 1. The molecule has 198 valence electrons. The Morgan fingerprint density at radius 2 is 1.81 bits per heavy atom. The van der Waals surface area contributed by atoms with Crippen LogP contribution in [0.4, 0.5) is 0 Å². The van der Waals surface area contributed by atoms with Gasteiger partial charge in [-0.3, -0.25) is 9.59 Å². The van der Waals surface area contributed by atoms with Gasteiger partial charge in [0.2, 0.25) is 0 Å². The third kappa shape index (κ3) is 5.16. The summed E-state index contributed by atoms with van der Waals surface area (Å²) in [4.78, 5) is 30.5. The van der Waals surface area contributed by atoms with Gasteiger partial charge in [0.05, 0.1) is 25.8 Å². The first-order valence-corrected chi connectivity index (χ1v) is 12.8. The zero-order valence-electron chi connectivity index (χ0n) is 22.2. The van der Waals surface area contributed by atoms with Gasteiger partial charge in [0.15, 0.2) is 11.5 Å². The summed E-state index contributed by atoms with van der Waals surface area (Å²) in [6, 6.07) is 9.94. The summed E-state index contributed by atoms with van der Waals surface area (Å²) in [5, 5.41) is 11.4. The molecular formula is C29H36N2O6. The average Bonchev–Trinajstić information content (AvgIpc) is 3.41. The van der Waals surface area contributed by atoms with Crippen molar-refractivity contribution >= 4 is 17.4 Å². The van der Waals surface area contributed by atoms with E-state index in [0.717, 1.165) is 37.4 Å². The molecule has 2 atom stereocenters. The predicted molar refractivity (Wildman–Crippen MR) is 141 cm³/mol. The second-order valence-electron chi connectivity index (χ2n) is 9.44. The van der Waals surface area contributed by atoms with Gasteiger partial charge >= 0.3 is 0 Å². The first-order chi connectivity index (χ1) is 17.8. The average molecular weight is 509 g/mol. The fourth-order valence-electron chi connectivity index (χ4n) is 5.21. The third-order valence-electron chi connectivity index (χ3n) is 7.20. The Hall–Kier alpha value is -3.52. The highest BCUT2D eigenvalue weighted by Gasteiger charge is 2.46. The van der Waals surface area contributed by atoms with E-state index in [4.69, 9.17) is 14.2 Å². The minimum atomic E-state index is -0.750. The van der Waals surface area contributed by atoms with Crippen molar-refractivity contribution in [3.05, 3.63) is 58.7 Å². The number of amides is 1. The van der Waals surface area contributed by atoms with Crippen molar-refractivity contribution in [2.75, 3.05) is 40.4 Å². The second-order valence-corrected chi connectivity index (χ2v) is 9.44. The van der Waals surface area contributed by atoms with Crippen molar-refractivity contribution in [2.24, 2.45) is 0 Å². The van der Waals surface area contributed by atoms with Gasteiger partial charge in [-0.2, -0.15) is 0 Å². The number of aliphatic hydroxyl groups is 1. The summed E-state index contributed by atoms with van der Waals surface area (Å²) < 4.78 is 16.7. The lowest BCUT2D eigenvalue weighted by Crippen LogP contribution is -2.33. The molecule has 37 heavy (non-hydrogen) atoms. The number of nitrogens with zero attached hydrogens (tertiary/aromatic N) is 2. The Balaban J connectivity index is 1.78. The van der Waals surface area contributed by atoms with Crippen LogP contribution in [0.1, 0.15) is 49.9 Å². The number of benzene rings is 2. The van der Waals surface area contributed by atoms with Crippen LogP contribution < -0.4 is 14.2 Å². The van der Waals surface area contributed by atoms with E-state index >= 15 is 0 Å². The van der Waals surface area contributed by atoms with E-state index in [1.54, 1.807) is 42.3 Å². The maximum atomic E-state index is 13.4. The number of ketones is 1. The molecule has 2 aromatic rings. The molecule has 0 bridgehead atoms. The number of carbonyl (C=O) groups is 2. The largest absolute Gasteiger partial charge is 0.507 e. The molecule has 2 aliphatic rings. The predicted octanol–water partition coefficient (Wildman–Crippen LogP) is 4.18. The van der Waals surface area contributed by atoms with Gasteiger partial charge in [0.25, 0.3) is 11.7 Å². The highest BCUT2D eigenvalue weighted by molar-refractivity contribution is 6.46. The SMILES string of the molecule is CCN(CC)CCCN1C(=O)C(=O)/C(=C(\O)c2ccc3c(c2)CC(C)O3)C1c1ccc(OC)c(OC)c1. The normalized spacial score (nSPS) is 20.3. The molecule has 1 fully saturated rings. The van der Waals surface area contributed by atoms with Crippen LogP contribution in [-0.2, 0) is 16.0 Å². The van der Waals surface area contributed by atoms with E-state index in [2.05, 4.69) is 18.7 Å². The zero-order valence-corrected chi connectivity index (χ0v) is 22.2. The van der Waals surface area contributed by atoms with Crippen molar-refractivity contribution in [2.45, 2.75) is 45.8 Å². The van der Waals surface area contributed by atoms with E-state index in [1.165, 1.54) is 7.11 Å². The number of hydrogen-bond donors (Lipinski definition) is 1. The Bertz CT molecular complexity index is 1200. The third-order valence-corrected chi connectivity index (χ3v) is 7.20. The molecule has 1 saturated heterocycles. The molecule has 0 saturated carbocycles. The van der Waals surface area contributed by atoms with E-state index in [9.17, 15) is 14.7 Å². The van der Waals surface area contributed by atoms with E-state index in [-0.39, 0.29) is 17.4 Å². The fourth-order valence-corrected chi connectivity index (χ4v) is 5.21. The quantitative estimate of drug-likeness (QED) is 0.293. The van der Waals surface area contributed by atoms with Crippen LogP contribution in [0.5, 0.6) is 17.2 Å². The maximum Gasteiger partial charge on any atom is 0.295 e. The van der Waals surface area contributed by atoms with Crippen molar-refractivity contribution < 1.29 is 28.9 Å². The standard InChI is InChI=1S/C29H36N2O6/c1-6-30(7-2)13-8-14-31-26(19-9-12-23(35-4)24(17-19)36-5)25(28(33)29(31)34)27(32)20-10-11-22-21(16-20)15-18(3)37-22/h9-12,16-18,26,32H,6-8,13-15H2,1-5H3/b27-25-. The van der Waals surface area contributed by atoms with E-state index in [0.29, 0.717) is 35.6 Å². The van der Waals surface area contributed by atoms with E-state index < -0.39 is 17.7 Å². The molecule has 2 unspecified atom stereocenters. The van der Waals surface area contributed by atoms with Crippen LogP contribution in [-0.4, -0.2) is 73.1 Å². The molecular weight excluding hydrogens is 472 g/mol. The lowest BCUT2D eigenvalue weighted by molar-refractivity contribution is -0.140. The number of rotatable bonds is 10. The van der Waals surface area contributed by atoms with Gasteiger partial charge in [-0.25, -0.2) is 0 Å². The first-order valence-electron chi connectivity index (χ1n) is 12.8. The number of fused-ring (bicyclic) bond motifs is 1. The van der Waals surface area contributed by atoms with Crippen molar-refractivity contribution in [1.29, 1.82) is 0 Å². The minimum absolute atomic E-state index is 0.0514. The highest BCUT2D eigenvalue weighted by Crippen LogP contribution is 2.42. The maximum absolute atomic E-state index is 13.4. The van der Waals surface area contributed by atoms with Crippen molar-refractivity contribution in [3.8, 4) is 17.2 Å². The van der Waals surface area contributed by atoms with Crippen LogP contribution in [0.25, 0.3) is 5.76 Å². The lowest BCUT2D eigenvalue weighted by atomic mass is 9.94. The number of carbonyl (C=O) groups excluding carboxylic acids is 2. The molecule has 0 radical (unpaired) electrons. The molecule has 0 spiro atoms. The van der Waals surface area contributed by atoms with Crippen molar-refractivity contribution in [1.82, 2.24) is 9.80 Å². The Morgan fingerprint density at radius 1 is 1.08 bits per heavy atom.